The minimum absolute atomic E-state index is 0.453. The lowest BCUT2D eigenvalue weighted by molar-refractivity contribution is 0.476. The topological polar surface area (TPSA) is 20.2 Å². The van der Waals surface area contributed by atoms with Crippen molar-refractivity contribution in [2.75, 3.05) is 0 Å². The normalized spacial score (nSPS) is 10.9. The lowest BCUT2D eigenvalue weighted by atomic mass is 9.96. The Hall–Kier alpha value is -1.50. The summed E-state index contributed by atoms with van der Waals surface area (Å²) in [6, 6.07) is 10.3. The van der Waals surface area contributed by atoms with Crippen LogP contribution in [0.1, 0.15) is 37.3 Å². The lowest BCUT2D eigenvalue weighted by Gasteiger charge is -2.11. The second kappa shape index (κ2) is 5.22. The van der Waals surface area contributed by atoms with Crippen LogP contribution in [-0.2, 0) is 6.42 Å². The first-order chi connectivity index (χ1) is 8.24. The number of hydrogen-bond donors (Lipinski definition) is 1. The Morgan fingerprint density at radius 1 is 1.12 bits per heavy atom. The van der Waals surface area contributed by atoms with Crippen molar-refractivity contribution in [3.63, 3.8) is 0 Å². The lowest BCUT2D eigenvalue weighted by Crippen LogP contribution is -1.91. The maximum absolute atomic E-state index is 10.2. The minimum atomic E-state index is 0.453. The Morgan fingerprint density at radius 3 is 2.65 bits per heavy atom. The molecule has 1 N–H and O–H groups in total. The fraction of sp³-hybridized carbons (Fsp3) is 0.375. The van der Waals surface area contributed by atoms with Gasteiger partial charge in [-0.25, -0.2) is 0 Å². The molecule has 0 aromatic heterocycles. The van der Waals surface area contributed by atoms with Crippen molar-refractivity contribution in [1.82, 2.24) is 0 Å². The molecule has 2 aromatic carbocycles. The zero-order chi connectivity index (χ0) is 12.3. The number of unbranched alkanes of at least 4 members (excludes halogenated alkanes) is 2. The van der Waals surface area contributed by atoms with Crippen molar-refractivity contribution in [3.8, 4) is 5.75 Å². The monoisotopic (exact) mass is 228 g/mol. The second-order valence-electron chi connectivity index (χ2n) is 4.69. The smallest absolute Gasteiger partial charge is 0.126 e. The van der Waals surface area contributed by atoms with Gasteiger partial charge in [-0.1, -0.05) is 50.1 Å². The van der Waals surface area contributed by atoms with Gasteiger partial charge in [0.1, 0.15) is 5.75 Å². The molecule has 2 aromatic rings. The number of rotatable bonds is 4. The third kappa shape index (κ3) is 2.44. The summed E-state index contributed by atoms with van der Waals surface area (Å²) in [6.45, 7) is 4.23. The highest BCUT2D eigenvalue weighted by atomic mass is 16.3. The molecule has 0 aliphatic rings. The highest BCUT2D eigenvalue weighted by Crippen LogP contribution is 2.31. The summed E-state index contributed by atoms with van der Waals surface area (Å²) in [5, 5.41) is 12.3. The number of fused-ring (bicyclic) bond motifs is 1. The van der Waals surface area contributed by atoms with Crippen molar-refractivity contribution in [3.05, 3.63) is 41.5 Å². The van der Waals surface area contributed by atoms with Gasteiger partial charge < -0.3 is 5.11 Å². The van der Waals surface area contributed by atoms with Crippen LogP contribution < -0.4 is 0 Å². The average Bonchev–Trinajstić information content (AvgIpc) is 2.35. The van der Waals surface area contributed by atoms with Crippen LogP contribution in [0.15, 0.2) is 30.3 Å². The first-order valence-electron chi connectivity index (χ1n) is 6.44. The summed E-state index contributed by atoms with van der Waals surface area (Å²) >= 11 is 0. The fourth-order valence-corrected chi connectivity index (χ4v) is 2.31. The first-order valence-corrected chi connectivity index (χ1v) is 6.44. The third-order valence-corrected chi connectivity index (χ3v) is 3.43. The van der Waals surface area contributed by atoms with Crippen molar-refractivity contribution < 1.29 is 5.11 Å². The highest BCUT2D eigenvalue weighted by Gasteiger charge is 2.08. The maximum Gasteiger partial charge on any atom is 0.126 e. The van der Waals surface area contributed by atoms with Crippen LogP contribution >= 0.6 is 0 Å². The Balaban J connectivity index is 2.39. The summed E-state index contributed by atoms with van der Waals surface area (Å²) in [6.07, 6.45) is 4.76. The molecule has 0 saturated carbocycles. The molecule has 0 amide bonds. The van der Waals surface area contributed by atoms with Gasteiger partial charge in [0.25, 0.3) is 0 Å². The molecule has 0 aliphatic carbocycles. The quantitative estimate of drug-likeness (QED) is 0.759. The highest BCUT2D eigenvalue weighted by molar-refractivity contribution is 5.90. The molecule has 0 fully saturated rings. The van der Waals surface area contributed by atoms with Crippen molar-refractivity contribution in [1.29, 1.82) is 0 Å². The number of benzene rings is 2. The molecule has 0 radical (unpaired) electrons. The number of aryl methyl sites for hydroxylation is 1. The summed E-state index contributed by atoms with van der Waals surface area (Å²) in [5.41, 5.74) is 2.33. The van der Waals surface area contributed by atoms with E-state index in [-0.39, 0.29) is 0 Å². The molecule has 17 heavy (non-hydrogen) atoms. The van der Waals surface area contributed by atoms with E-state index < -0.39 is 0 Å². The predicted octanol–water partition coefficient (Wildman–Crippen LogP) is 4.59. The number of hydrogen-bond acceptors (Lipinski definition) is 1. The van der Waals surface area contributed by atoms with Crippen LogP contribution in [0.5, 0.6) is 5.75 Å². The first kappa shape index (κ1) is 12.0. The third-order valence-electron chi connectivity index (χ3n) is 3.43. The van der Waals surface area contributed by atoms with Gasteiger partial charge in [-0.2, -0.15) is 0 Å². The molecule has 1 heteroatoms. The van der Waals surface area contributed by atoms with Crippen molar-refractivity contribution >= 4 is 10.8 Å². The van der Waals surface area contributed by atoms with Gasteiger partial charge in [-0.05, 0) is 36.3 Å². The summed E-state index contributed by atoms with van der Waals surface area (Å²) in [4.78, 5) is 0. The standard InChI is InChI=1S/C16H20O/c1-3-4-5-8-13-11-14-9-6-7-10-15(14)16(17)12(13)2/h6-7,9-11,17H,3-5,8H2,1-2H3. The van der Waals surface area contributed by atoms with Gasteiger partial charge in [0.05, 0.1) is 0 Å². The fourth-order valence-electron chi connectivity index (χ4n) is 2.31. The van der Waals surface area contributed by atoms with Crippen molar-refractivity contribution in [2.24, 2.45) is 0 Å². The van der Waals surface area contributed by atoms with Gasteiger partial charge in [0.2, 0.25) is 0 Å². The number of phenols is 1. The van der Waals surface area contributed by atoms with E-state index in [1.165, 1.54) is 24.8 Å². The molecule has 90 valence electrons. The molecule has 0 heterocycles. The Kier molecular flexibility index (Phi) is 3.68. The molecule has 0 unspecified atom stereocenters. The zero-order valence-electron chi connectivity index (χ0n) is 10.7. The molecular weight excluding hydrogens is 208 g/mol. The molecule has 1 nitrogen and oxygen atoms in total. The largest absolute Gasteiger partial charge is 0.507 e. The summed E-state index contributed by atoms with van der Waals surface area (Å²) in [5.74, 6) is 0.453. The van der Waals surface area contributed by atoms with E-state index in [2.05, 4.69) is 19.1 Å². The maximum atomic E-state index is 10.2. The zero-order valence-corrected chi connectivity index (χ0v) is 10.7. The van der Waals surface area contributed by atoms with E-state index in [0.717, 1.165) is 22.8 Å². The van der Waals surface area contributed by atoms with Crippen LogP contribution in [0, 0.1) is 6.92 Å². The molecule has 0 aliphatic heterocycles. The van der Waals surface area contributed by atoms with Crippen LogP contribution in [0.25, 0.3) is 10.8 Å². The van der Waals surface area contributed by atoms with E-state index in [1.807, 2.05) is 25.1 Å². The van der Waals surface area contributed by atoms with Crippen LogP contribution in [0.3, 0.4) is 0 Å². The summed E-state index contributed by atoms with van der Waals surface area (Å²) in [7, 11) is 0. The Labute approximate surface area is 103 Å². The molecule has 2 rings (SSSR count). The summed E-state index contributed by atoms with van der Waals surface area (Å²) < 4.78 is 0. The molecule has 0 spiro atoms. The van der Waals surface area contributed by atoms with Gasteiger partial charge in [-0.3, -0.25) is 0 Å². The Morgan fingerprint density at radius 2 is 1.88 bits per heavy atom. The van der Waals surface area contributed by atoms with E-state index >= 15 is 0 Å². The second-order valence-corrected chi connectivity index (χ2v) is 4.69. The predicted molar refractivity (Wildman–Crippen MR) is 73.6 cm³/mol. The minimum Gasteiger partial charge on any atom is -0.507 e. The molecule has 0 atom stereocenters. The van der Waals surface area contributed by atoms with Gasteiger partial charge in [0, 0.05) is 5.39 Å². The molecule has 0 saturated heterocycles. The average molecular weight is 228 g/mol. The number of phenolic OH excluding ortho intramolecular Hbond substituents is 1. The van der Waals surface area contributed by atoms with Crippen LogP contribution in [-0.4, -0.2) is 5.11 Å². The van der Waals surface area contributed by atoms with E-state index in [1.54, 1.807) is 0 Å². The van der Waals surface area contributed by atoms with Crippen LogP contribution in [0.4, 0.5) is 0 Å². The van der Waals surface area contributed by atoms with E-state index in [4.69, 9.17) is 0 Å². The van der Waals surface area contributed by atoms with E-state index in [0.29, 0.717) is 5.75 Å². The van der Waals surface area contributed by atoms with Gasteiger partial charge in [-0.15, -0.1) is 0 Å². The van der Waals surface area contributed by atoms with Gasteiger partial charge >= 0.3 is 0 Å². The van der Waals surface area contributed by atoms with Gasteiger partial charge in [0.15, 0.2) is 0 Å². The van der Waals surface area contributed by atoms with Crippen LogP contribution in [0.2, 0.25) is 0 Å². The molecule has 0 bridgehead atoms. The Bertz CT molecular complexity index is 514. The SMILES string of the molecule is CCCCCc1cc2ccccc2c(O)c1C. The molecular formula is C16H20O. The number of aromatic hydroxyl groups is 1. The van der Waals surface area contributed by atoms with E-state index in [9.17, 15) is 5.11 Å². The van der Waals surface area contributed by atoms with Crippen molar-refractivity contribution in [2.45, 2.75) is 39.5 Å².